The lowest BCUT2D eigenvalue weighted by Gasteiger charge is -2.40. The van der Waals surface area contributed by atoms with Gasteiger partial charge in [-0.15, -0.1) is 11.3 Å². The van der Waals surface area contributed by atoms with Crippen LogP contribution in [-0.2, 0) is 14.8 Å². The summed E-state index contributed by atoms with van der Waals surface area (Å²) >= 11 is 7.28. The number of hydrogen-bond acceptors (Lipinski definition) is 5. The maximum absolute atomic E-state index is 12.4. The van der Waals surface area contributed by atoms with E-state index in [1.54, 1.807) is 18.7 Å². The number of hydrogen-bond donors (Lipinski definition) is 1. The van der Waals surface area contributed by atoms with Gasteiger partial charge >= 0.3 is 0 Å². The highest BCUT2D eigenvalue weighted by Gasteiger charge is 2.38. The molecule has 9 heteroatoms. The van der Waals surface area contributed by atoms with Gasteiger partial charge in [-0.05, 0) is 19.3 Å². The average Bonchev–Trinajstić information content (AvgIpc) is 2.87. The van der Waals surface area contributed by atoms with Crippen molar-refractivity contribution in [1.29, 1.82) is 0 Å². The van der Waals surface area contributed by atoms with Crippen molar-refractivity contribution < 1.29 is 13.2 Å². The maximum Gasteiger partial charge on any atom is 0.259 e. The Bertz CT molecular complexity index is 728. The minimum atomic E-state index is -3.72. The van der Waals surface area contributed by atoms with Crippen LogP contribution in [0, 0.1) is 0 Å². The molecule has 0 aliphatic heterocycles. The molecule has 0 radical (unpaired) electrons. The van der Waals surface area contributed by atoms with Crippen LogP contribution < -0.4 is 4.72 Å². The summed E-state index contributed by atoms with van der Waals surface area (Å²) in [5.41, 5.74) is -0.377. The Morgan fingerprint density at radius 3 is 2.95 bits per heavy atom. The number of nitrogens with one attached hydrogen (secondary N) is 1. The van der Waals surface area contributed by atoms with Crippen LogP contribution in [-0.4, -0.2) is 37.1 Å². The summed E-state index contributed by atoms with van der Waals surface area (Å²) in [7, 11) is -2.11. The zero-order valence-corrected chi connectivity index (χ0v) is 13.2. The second-order valence-corrected chi connectivity index (χ2v) is 7.74. The molecule has 0 atom stereocenters. The van der Waals surface area contributed by atoms with Crippen LogP contribution in [0.1, 0.15) is 19.3 Å². The fourth-order valence-corrected chi connectivity index (χ4v) is 4.86. The lowest BCUT2D eigenvalue weighted by Crippen LogP contribution is -2.49. The van der Waals surface area contributed by atoms with Gasteiger partial charge in [0, 0.05) is 25.2 Å². The van der Waals surface area contributed by atoms with Crippen molar-refractivity contribution in [1.82, 2.24) is 14.1 Å². The SMILES string of the molecule is COC1(CNS(=O)(=O)c2c(Cl)nc3sccn23)CCC1. The van der Waals surface area contributed by atoms with Crippen LogP contribution in [0.25, 0.3) is 4.96 Å². The maximum atomic E-state index is 12.4. The highest BCUT2D eigenvalue weighted by molar-refractivity contribution is 7.89. The van der Waals surface area contributed by atoms with E-state index in [4.69, 9.17) is 16.3 Å². The van der Waals surface area contributed by atoms with Crippen molar-refractivity contribution in [2.75, 3.05) is 13.7 Å². The van der Waals surface area contributed by atoms with E-state index < -0.39 is 10.0 Å². The Balaban J connectivity index is 1.88. The predicted molar refractivity (Wildman–Crippen MR) is 76.9 cm³/mol. The fraction of sp³-hybridized carbons (Fsp3) is 0.545. The van der Waals surface area contributed by atoms with E-state index in [0.29, 0.717) is 4.96 Å². The average molecular weight is 336 g/mol. The van der Waals surface area contributed by atoms with Crippen LogP contribution in [0.5, 0.6) is 0 Å². The largest absolute Gasteiger partial charge is 0.377 e. The van der Waals surface area contributed by atoms with E-state index in [1.165, 1.54) is 15.7 Å². The van der Waals surface area contributed by atoms with Gasteiger partial charge in [-0.2, -0.15) is 0 Å². The molecule has 1 aliphatic carbocycles. The normalized spacial score (nSPS) is 18.3. The topological polar surface area (TPSA) is 72.7 Å². The van der Waals surface area contributed by atoms with Crippen molar-refractivity contribution in [3.05, 3.63) is 16.7 Å². The van der Waals surface area contributed by atoms with Crippen LogP contribution in [0.4, 0.5) is 0 Å². The first-order valence-corrected chi connectivity index (χ1v) is 8.87. The summed E-state index contributed by atoms with van der Waals surface area (Å²) in [5.74, 6) is 0. The van der Waals surface area contributed by atoms with E-state index in [9.17, 15) is 8.42 Å². The number of sulfonamides is 1. The quantitative estimate of drug-likeness (QED) is 0.905. The van der Waals surface area contributed by atoms with E-state index in [1.807, 2.05) is 0 Å². The molecule has 3 rings (SSSR count). The number of imidazole rings is 1. The zero-order chi connectivity index (χ0) is 14.4. The molecule has 0 amide bonds. The third-order valence-electron chi connectivity index (χ3n) is 3.72. The predicted octanol–water partition coefficient (Wildman–Crippen LogP) is 1.90. The molecule has 1 saturated carbocycles. The minimum Gasteiger partial charge on any atom is -0.377 e. The highest BCUT2D eigenvalue weighted by Crippen LogP contribution is 2.35. The van der Waals surface area contributed by atoms with Gasteiger partial charge in [-0.3, -0.25) is 4.40 Å². The summed E-state index contributed by atoms with van der Waals surface area (Å²) in [6.07, 6.45) is 4.42. The number of ether oxygens (including phenoxy) is 1. The third-order valence-corrected chi connectivity index (χ3v) is 6.27. The van der Waals surface area contributed by atoms with Crippen LogP contribution in [0.2, 0.25) is 5.15 Å². The van der Waals surface area contributed by atoms with E-state index in [2.05, 4.69) is 9.71 Å². The van der Waals surface area contributed by atoms with Gasteiger partial charge < -0.3 is 4.74 Å². The molecule has 2 aromatic rings. The number of nitrogens with zero attached hydrogens (tertiary/aromatic N) is 2. The molecular weight excluding hydrogens is 322 g/mol. The molecule has 0 spiro atoms. The second-order valence-electron chi connectivity index (χ2n) is 4.83. The van der Waals surface area contributed by atoms with Crippen LogP contribution in [0.15, 0.2) is 16.6 Å². The number of methoxy groups -OCH3 is 1. The monoisotopic (exact) mass is 335 g/mol. The number of thiazole rings is 1. The van der Waals surface area contributed by atoms with Gasteiger partial charge in [0.15, 0.2) is 15.1 Å². The van der Waals surface area contributed by atoms with E-state index >= 15 is 0 Å². The van der Waals surface area contributed by atoms with E-state index in [-0.39, 0.29) is 22.3 Å². The van der Waals surface area contributed by atoms with Gasteiger partial charge in [-0.25, -0.2) is 18.1 Å². The fourth-order valence-electron chi connectivity index (χ4n) is 2.30. The molecule has 0 unspecified atom stereocenters. The van der Waals surface area contributed by atoms with Gasteiger partial charge in [0.05, 0.1) is 5.60 Å². The Kier molecular flexibility index (Phi) is 3.54. The Morgan fingerprint density at radius 1 is 1.60 bits per heavy atom. The first kappa shape index (κ1) is 14.3. The molecule has 1 N–H and O–H groups in total. The third kappa shape index (κ3) is 2.25. The van der Waals surface area contributed by atoms with Crippen molar-refractivity contribution in [3.8, 4) is 0 Å². The molecule has 1 aliphatic rings. The summed E-state index contributed by atoms with van der Waals surface area (Å²) in [6, 6.07) is 0. The molecular formula is C11H14ClN3O3S2. The number of halogens is 1. The first-order chi connectivity index (χ1) is 9.47. The molecule has 0 aromatic carbocycles. The second kappa shape index (κ2) is 4.96. The smallest absolute Gasteiger partial charge is 0.259 e. The van der Waals surface area contributed by atoms with Gasteiger partial charge in [-0.1, -0.05) is 11.6 Å². The Labute approximate surface area is 125 Å². The highest BCUT2D eigenvalue weighted by atomic mass is 35.5. The van der Waals surface area contributed by atoms with Crippen LogP contribution >= 0.6 is 22.9 Å². The van der Waals surface area contributed by atoms with E-state index in [0.717, 1.165) is 19.3 Å². The lowest BCUT2D eigenvalue weighted by atomic mass is 9.80. The Hall–Kier alpha value is -0.670. The number of rotatable bonds is 5. The molecule has 2 heterocycles. The standard InChI is InChI=1S/C11H14ClN3O3S2/c1-18-11(3-2-4-11)7-13-20(16,17)9-8(12)14-10-15(9)5-6-19-10/h5-6,13H,2-4,7H2,1H3. The van der Waals surface area contributed by atoms with Crippen LogP contribution in [0.3, 0.4) is 0 Å². The zero-order valence-electron chi connectivity index (χ0n) is 10.8. The van der Waals surface area contributed by atoms with Gasteiger partial charge in [0.2, 0.25) is 0 Å². The molecule has 0 saturated heterocycles. The number of fused-ring (bicyclic) bond motifs is 1. The summed E-state index contributed by atoms with van der Waals surface area (Å²) in [6.45, 7) is 0.250. The van der Waals surface area contributed by atoms with Crippen molar-refractivity contribution in [3.63, 3.8) is 0 Å². The summed E-state index contributed by atoms with van der Waals surface area (Å²) in [5, 5.41) is 1.74. The lowest BCUT2D eigenvalue weighted by molar-refractivity contribution is -0.0659. The van der Waals surface area contributed by atoms with Crippen molar-refractivity contribution in [2.45, 2.75) is 29.9 Å². The van der Waals surface area contributed by atoms with Gasteiger partial charge in [0.25, 0.3) is 10.0 Å². The van der Waals surface area contributed by atoms with Crippen molar-refractivity contribution in [2.24, 2.45) is 0 Å². The molecule has 20 heavy (non-hydrogen) atoms. The molecule has 0 bridgehead atoms. The Morgan fingerprint density at radius 2 is 2.35 bits per heavy atom. The first-order valence-electron chi connectivity index (χ1n) is 6.13. The minimum absolute atomic E-state index is 0.00979. The molecule has 1 fully saturated rings. The molecule has 110 valence electrons. The summed E-state index contributed by atoms with van der Waals surface area (Å²) in [4.78, 5) is 4.59. The molecule has 2 aromatic heterocycles. The number of aromatic nitrogens is 2. The molecule has 6 nitrogen and oxygen atoms in total. The summed E-state index contributed by atoms with van der Waals surface area (Å²) < 4.78 is 34.3. The van der Waals surface area contributed by atoms with Gasteiger partial charge in [0.1, 0.15) is 0 Å². The van der Waals surface area contributed by atoms with Crippen molar-refractivity contribution >= 4 is 37.9 Å².